The Bertz CT molecular complexity index is 264. The fourth-order valence-electron chi connectivity index (χ4n) is 1.17. The van der Waals surface area contributed by atoms with Gasteiger partial charge in [0, 0.05) is 4.91 Å². The van der Waals surface area contributed by atoms with Gasteiger partial charge < -0.3 is 5.32 Å². The number of hydrogen-bond acceptors (Lipinski definition) is 3. The average molecular weight is 329 g/mol. The van der Waals surface area contributed by atoms with Gasteiger partial charge in [0.25, 0.3) is 0 Å². The van der Waals surface area contributed by atoms with Crippen LogP contribution in [-0.4, -0.2) is 15.8 Å². The second kappa shape index (κ2) is 4.11. The summed E-state index contributed by atoms with van der Waals surface area (Å²) >= 11 is 6.35. The van der Waals surface area contributed by atoms with Gasteiger partial charge in [-0.2, -0.15) is 0 Å². The van der Waals surface area contributed by atoms with Crippen LogP contribution in [0, 0.1) is 0 Å². The number of thioether (sulfide) groups is 2. The normalized spacial score (nSPS) is 29.2. The fourth-order valence-corrected chi connectivity index (χ4v) is 6.09. The van der Waals surface area contributed by atoms with Gasteiger partial charge in [-0.3, -0.25) is 0 Å². The van der Waals surface area contributed by atoms with Crippen LogP contribution in [0.5, 0.6) is 0 Å². The number of dihydropyridines is 1. The van der Waals surface area contributed by atoms with Crippen LogP contribution < -0.4 is 5.32 Å². The number of rotatable bonds is 1. The lowest BCUT2D eigenvalue weighted by Gasteiger charge is -2.19. The minimum Gasteiger partial charge on any atom is -0.364 e. The highest BCUT2D eigenvalue weighted by atomic mass is 127. The highest BCUT2D eigenvalue weighted by Gasteiger charge is 2.24. The van der Waals surface area contributed by atoms with Crippen molar-refractivity contribution in [3.63, 3.8) is 0 Å². The van der Waals surface area contributed by atoms with Crippen LogP contribution in [0.25, 0.3) is 0 Å². The third-order valence-corrected chi connectivity index (χ3v) is 5.91. The molecule has 2 unspecified atom stereocenters. The maximum atomic E-state index is 3.48. The maximum absolute atomic E-state index is 3.48. The molecule has 0 aromatic carbocycles. The van der Waals surface area contributed by atoms with Crippen molar-refractivity contribution in [1.82, 2.24) is 5.32 Å². The van der Waals surface area contributed by atoms with E-state index in [1.54, 1.807) is 5.31 Å². The third kappa shape index (κ3) is 1.81. The molecular formula is C7H9INPS2. The summed E-state index contributed by atoms with van der Waals surface area (Å²) in [4.78, 5) is 1.51. The third-order valence-electron chi connectivity index (χ3n) is 1.71. The molecule has 0 spiro atoms. The summed E-state index contributed by atoms with van der Waals surface area (Å²) in [6.45, 7) is 2.26. The minimum atomic E-state index is 0.495. The van der Waals surface area contributed by atoms with E-state index in [-0.39, 0.29) is 0 Å². The predicted octanol–water partition coefficient (Wildman–Crippen LogP) is 3.15. The summed E-state index contributed by atoms with van der Waals surface area (Å²) in [7, 11) is 0.930. The van der Waals surface area contributed by atoms with E-state index in [0.717, 1.165) is 8.58 Å². The van der Waals surface area contributed by atoms with Crippen molar-refractivity contribution in [3.05, 3.63) is 21.3 Å². The van der Waals surface area contributed by atoms with Gasteiger partial charge in [-0.25, -0.2) is 0 Å². The molecule has 0 amide bonds. The van der Waals surface area contributed by atoms with Crippen LogP contribution in [0.2, 0.25) is 0 Å². The molecule has 2 aliphatic heterocycles. The first-order chi connectivity index (χ1) is 5.81. The monoisotopic (exact) mass is 329 g/mol. The summed E-state index contributed by atoms with van der Waals surface area (Å²) < 4.78 is 0.495. The molecule has 0 aromatic heterocycles. The van der Waals surface area contributed by atoms with Crippen LogP contribution in [0.15, 0.2) is 21.3 Å². The number of halogens is 1. The van der Waals surface area contributed by atoms with Gasteiger partial charge in [-0.15, -0.1) is 11.8 Å². The molecule has 2 aliphatic rings. The molecule has 0 aliphatic carbocycles. The Balaban J connectivity index is 2.29. The second-order valence-corrected chi connectivity index (χ2v) is 7.16. The zero-order valence-electron chi connectivity index (χ0n) is 6.56. The molecule has 0 saturated heterocycles. The molecule has 0 saturated carbocycles. The molecule has 2 atom stereocenters. The van der Waals surface area contributed by atoms with Crippen LogP contribution in [-0.2, 0) is 0 Å². The molecule has 0 aromatic rings. The highest BCUT2D eigenvalue weighted by Crippen LogP contribution is 2.48. The van der Waals surface area contributed by atoms with E-state index in [1.165, 1.54) is 15.0 Å². The lowest BCUT2D eigenvalue weighted by molar-refractivity contribution is 0.921. The van der Waals surface area contributed by atoms with Crippen molar-refractivity contribution < 1.29 is 0 Å². The SMILES string of the molecule is CPC1=CC(I)NC2=C1SCS2. The van der Waals surface area contributed by atoms with Gasteiger partial charge in [-0.05, 0) is 18.1 Å². The molecule has 2 rings (SSSR count). The van der Waals surface area contributed by atoms with Crippen LogP contribution in [0.4, 0.5) is 0 Å². The van der Waals surface area contributed by atoms with E-state index >= 15 is 0 Å². The Labute approximate surface area is 96.5 Å². The van der Waals surface area contributed by atoms with E-state index in [9.17, 15) is 0 Å². The van der Waals surface area contributed by atoms with Crippen molar-refractivity contribution in [1.29, 1.82) is 0 Å². The van der Waals surface area contributed by atoms with Crippen molar-refractivity contribution >= 4 is 54.7 Å². The molecule has 66 valence electrons. The molecule has 5 heteroatoms. The van der Waals surface area contributed by atoms with E-state index in [2.05, 4.69) is 40.6 Å². The summed E-state index contributed by atoms with van der Waals surface area (Å²) in [5.41, 5.74) is 0. The predicted molar refractivity (Wildman–Crippen MR) is 70.3 cm³/mol. The number of nitrogens with one attached hydrogen (secondary N) is 1. The standard InChI is InChI=1S/C7H9INPS2/c1-10-4-2-5(8)9-7-6(4)11-3-12-7/h2,5,9-10H,3H2,1H3. The van der Waals surface area contributed by atoms with Crippen LogP contribution in [0.3, 0.4) is 0 Å². The lowest BCUT2D eigenvalue weighted by Crippen LogP contribution is -2.22. The minimum absolute atomic E-state index is 0.495. The Hall–Kier alpha value is 1.14. The first kappa shape index (κ1) is 9.69. The van der Waals surface area contributed by atoms with Crippen molar-refractivity contribution in [2.75, 3.05) is 11.7 Å². The molecule has 0 fully saturated rings. The van der Waals surface area contributed by atoms with Gasteiger partial charge in [0.05, 0.1) is 14.2 Å². The van der Waals surface area contributed by atoms with Gasteiger partial charge in [0.15, 0.2) is 0 Å². The van der Waals surface area contributed by atoms with Gasteiger partial charge in [0.1, 0.15) is 0 Å². The Morgan fingerprint density at radius 3 is 3.25 bits per heavy atom. The Morgan fingerprint density at radius 2 is 2.50 bits per heavy atom. The number of hydrogen-bond donors (Lipinski definition) is 1. The van der Waals surface area contributed by atoms with E-state index in [1.807, 2.05) is 23.5 Å². The Morgan fingerprint density at radius 1 is 1.67 bits per heavy atom. The second-order valence-electron chi connectivity index (χ2n) is 2.44. The van der Waals surface area contributed by atoms with Gasteiger partial charge >= 0.3 is 0 Å². The molecule has 2 heterocycles. The molecule has 0 bridgehead atoms. The molecule has 1 N–H and O–H groups in total. The van der Waals surface area contributed by atoms with Crippen molar-refractivity contribution in [2.45, 2.75) is 4.05 Å². The van der Waals surface area contributed by atoms with E-state index in [4.69, 9.17) is 0 Å². The van der Waals surface area contributed by atoms with Crippen molar-refractivity contribution in [2.24, 2.45) is 0 Å². The molecular weight excluding hydrogens is 320 g/mol. The van der Waals surface area contributed by atoms with Gasteiger partial charge in [-0.1, -0.05) is 42.9 Å². The largest absolute Gasteiger partial charge is 0.364 e. The summed E-state index contributed by atoms with van der Waals surface area (Å²) in [5.74, 6) is 0. The number of allylic oxidation sites excluding steroid dienone is 1. The fraction of sp³-hybridized carbons (Fsp3) is 0.429. The number of alkyl halides is 1. The van der Waals surface area contributed by atoms with Crippen molar-refractivity contribution in [3.8, 4) is 0 Å². The van der Waals surface area contributed by atoms with Crippen LogP contribution in [0.1, 0.15) is 0 Å². The summed E-state index contributed by atoms with van der Waals surface area (Å²) in [6, 6.07) is 0. The zero-order chi connectivity index (χ0) is 8.55. The first-order valence-electron chi connectivity index (χ1n) is 3.61. The summed E-state index contributed by atoms with van der Waals surface area (Å²) in [5, 5.41) is 7.62. The van der Waals surface area contributed by atoms with Gasteiger partial charge in [0.2, 0.25) is 0 Å². The first-order valence-corrected chi connectivity index (χ1v) is 8.33. The maximum Gasteiger partial charge on any atom is 0.0980 e. The van der Waals surface area contributed by atoms with Crippen LogP contribution >= 0.6 is 54.7 Å². The molecule has 0 radical (unpaired) electrons. The molecule has 1 nitrogen and oxygen atoms in total. The van der Waals surface area contributed by atoms with E-state index in [0.29, 0.717) is 4.05 Å². The summed E-state index contributed by atoms with van der Waals surface area (Å²) in [6.07, 6.45) is 2.34. The quantitative estimate of drug-likeness (QED) is 0.344. The topological polar surface area (TPSA) is 12.0 Å². The average Bonchev–Trinajstić information content (AvgIpc) is 2.50. The zero-order valence-corrected chi connectivity index (χ0v) is 11.3. The Kier molecular flexibility index (Phi) is 3.32. The van der Waals surface area contributed by atoms with E-state index < -0.39 is 0 Å². The lowest BCUT2D eigenvalue weighted by atomic mass is 10.4. The molecule has 12 heavy (non-hydrogen) atoms. The smallest absolute Gasteiger partial charge is 0.0980 e. The highest BCUT2D eigenvalue weighted by molar-refractivity contribution is 14.1.